The van der Waals surface area contributed by atoms with E-state index in [1.807, 2.05) is 19.1 Å². The Kier molecular flexibility index (Phi) is 4.40. The van der Waals surface area contributed by atoms with Gasteiger partial charge in [-0.15, -0.1) is 0 Å². The number of aryl methyl sites for hydroxylation is 4. The van der Waals surface area contributed by atoms with Crippen LogP contribution < -0.4 is 4.74 Å². The zero-order valence-electron chi connectivity index (χ0n) is 12.5. The highest BCUT2D eigenvalue weighted by atomic mass is 16.5. The quantitative estimate of drug-likeness (QED) is 0.927. The molecule has 1 aromatic heterocycles. The van der Waals surface area contributed by atoms with Crippen molar-refractivity contribution in [1.29, 1.82) is 0 Å². The average molecular weight is 271 g/mol. The second kappa shape index (κ2) is 6.06. The van der Waals surface area contributed by atoms with E-state index in [9.17, 15) is 5.11 Å². The summed E-state index contributed by atoms with van der Waals surface area (Å²) in [6.45, 7) is 8.58. The molecule has 3 nitrogen and oxygen atoms in total. The predicted octanol–water partition coefficient (Wildman–Crippen LogP) is 3.39. The second-order valence-electron chi connectivity index (χ2n) is 5.22. The first kappa shape index (κ1) is 14.5. The molecule has 0 saturated carbocycles. The predicted molar refractivity (Wildman–Crippen MR) is 79.9 cm³/mol. The van der Waals surface area contributed by atoms with Gasteiger partial charge in [0.05, 0.1) is 6.61 Å². The van der Waals surface area contributed by atoms with E-state index in [1.54, 1.807) is 0 Å². The van der Waals surface area contributed by atoms with Gasteiger partial charge in [0, 0.05) is 5.69 Å². The van der Waals surface area contributed by atoms with Gasteiger partial charge >= 0.3 is 0 Å². The zero-order valence-corrected chi connectivity index (χ0v) is 12.5. The van der Waals surface area contributed by atoms with E-state index in [2.05, 4.69) is 37.9 Å². The lowest BCUT2D eigenvalue weighted by Gasteiger charge is -2.14. The maximum Gasteiger partial charge on any atom is 0.143 e. The van der Waals surface area contributed by atoms with E-state index >= 15 is 0 Å². The van der Waals surface area contributed by atoms with Crippen molar-refractivity contribution in [3.63, 3.8) is 0 Å². The molecular weight excluding hydrogens is 250 g/mol. The minimum Gasteiger partial charge on any atom is -0.487 e. The molecule has 1 heterocycles. The minimum atomic E-state index is -0.108. The molecule has 0 bridgehead atoms. The summed E-state index contributed by atoms with van der Waals surface area (Å²) in [5, 5.41) is 9.34. The van der Waals surface area contributed by atoms with Crippen LogP contribution in [0.25, 0.3) is 0 Å². The Bertz CT molecular complexity index is 597. The summed E-state index contributed by atoms with van der Waals surface area (Å²) in [5.74, 6) is 0.650. The number of pyridine rings is 1. The van der Waals surface area contributed by atoms with Crippen molar-refractivity contribution in [2.75, 3.05) is 0 Å². The van der Waals surface area contributed by atoms with E-state index < -0.39 is 0 Å². The van der Waals surface area contributed by atoms with Crippen LogP contribution in [0.3, 0.4) is 0 Å². The monoisotopic (exact) mass is 271 g/mol. The van der Waals surface area contributed by atoms with Gasteiger partial charge in [0.1, 0.15) is 18.1 Å². The van der Waals surface area contributed by atoms with Gasteiger partial charge in [0.15, 0.2) is 0 Å². The third kappa shape index (κ3) is 3.17. The molecule has 1 N–H and O–H groups in total. The molecule has 0 fully saturated rings. The van der Waals surface area contributed by atoms with Crippen molar-refractivity contribution in [1.82, 2.24) is 4.98 Å². The van der Waals surface area contributed by atoms with E-state index in [0.29, 0.717) is 18.1 Å². The van der Waals surface area contributed by atoms with Crippen LogP contribution in [0.4, 0.5) is 0 Å². The largest absolute Gasteiger partial charge is 0.487 e. The Morgan fingerprint density at radius 1 is 1.05 bits per heavy atom. The topological polar surface area (TPSA) is 42.4 Å². The van der Waals surface area contributed by atoms with Gasteiger partial charge in [-0.2, -0.15) is 0 Å². The highest BCUT2D eigenvalue weighted by molar-refractivity contribution is 5.38. The summed E-state index contributed by atoms with van der Waals surface area (Å²) in [7, 11) is 0. The van der Waals surface area contributed by atoms with E-state index in [1.165, 1.54) is 22.3 Å². The lowest BCUT2D eigenvalue weighted by Crippen LogP contribution is -2.04. The van der Waals surface area contributed by atoms with Crippen molar-refractivity contribution in [2.24, 2.45) is 0 Å². The molecule has 0 saturated heterocycles. The van der Waals surface area contributed by atoms with Crippen LogP contribution in [0, 0.1) is 27.7 Å². The van der Waals surface area contributed by atoms with Crippen molar-refractivity contribution in [3.05, 3.63) is 57.9 Å². The molecule has 20 heavy (non-hydrogen) atoms. The summed E-state index contributed by atoms with van der Waals surface area (Å²) in [6, 6.07) is 8.08. The van der Waals surface area contributed by atoms with E-state index in [0.717, 1.165) is 5.69 Å². The first-order chi connectivity index (χ1) is 9.51. The Labute approximate surface area is 120 Å². The fraction of sp³-hybridized carbons (Fsp3) is 0.353. The molecule has 2 rings (SSSR count). The lowest BCUT2D eigenvalue weighted by atomic mass is 10.0. The van der Waals surface area contributed by atoms with Gasteiger partial charge in [-0.25, -0.2) is 0 Å². The summed E-state index contributed by atoms with van der Waals surface area (Å²) < 4.78 is 5.85. The van der Waals surface area contributed by atoms with Crippen molar-refractivity contribution >= 4 is 0 Å². The van der Waals surface area contributed by atoms with Crippen LogP contribution in [0.5, 0.6) is 5.75 Å². The minimum absolute atomic E-state index is 0.108. The summed E-state index contributed by atoms with van der Waals surface area (Å²) in [4.78, 5) is 4.29. The van der Waals surface area contributed by atoms with Gasteiger partial charge in [-0.3, -0.25) is 4.98 Å². The van der Waals surface area contributed by atoms with E-state index in [-0.39, 0.29) is 6.61 Å². The maximum absolute atomic E-state index is 9.34. The standard InChI is InChI=1S/C17H21NO2/c1-11-7-12(2)15(13(3)8-11)10-20-17-6-5-14(4)18-16(17)9-19/h5-8,19H,9-10H2,1-4H3. The number of rotatable bonds is 4. The lowest BCUT2D eigenvalue weighted by molar-refractivity contribution is 0.252. The molecule has 0 aliphatic rings. The number of nitrogens with zero attached hydrogens (tertiary/aromatic N) is 1. The first-order valence-electron chi connectivity index (χ1n) is 6.78. The Morgan fingerprint density at radius 2 is 1.70 bits per heavy atom. The van der Waals surface area contributed by atoms with Crippen LogP contribution in [0.15, 0.2) is 24.3 Å². The van der Waals surface area contributed by atoms with Crippen LogP contribution in [0.1, 0.15) is 33.6 Å². The SMILES string of the molecule is Cc1cc(C)c(COc2ccc(C)nc2CO)c(C)c1. The molecule has 0 spiro atoms. The molecule has 0 aliphatic carbocycles. The number of aliphatic hydroxyl groups excluding tert-OH is 1. The van der Waals surface area contributed by atoms with Crippen molar-refractivity contribution in [3.8, 4) is 5.75 Å². The van der Waals surface area contributed by atoms with Gasteiger partial charge in [-0.05, 0) is 56.5 Å². The molecule has 0 amide bonds. The molecule has 2 aromatic rings. The average Bonchev–Trinajstić information content (AvgIpc) is 2.38. The number of benzene rings is 1. The Balaban J connectivity index is 2.21. The number of ether oxygens (including phenoxy) is 1. The van der Waals surface area contributed by atoms with Gasteiger partial charge in [0.2, 0.25) is 0 Å². The van der Waals surface area contributed by atoms with E-state index in [4.69, 9.17) is 4.74 Å². The molecule has 0 atom stereocenters. The van der Waals surface area contributed by atoms with Gasteiger partial charge < -0.3 is 9.84 Å². The van der Waals surface area contributed by atoms with Crippen LogP contribution >= 0.6 is 0 Å². The molecule has 1 aromatic carbocycles. The number of aliphatic hydroxyl groups is 1. The third-order valence-electron chi connectivity index (χ3n) is 3.43. The van der Waals surface area contributed by atoms with Crippen LogP contribution in [-0.2, 0) is 13.2 Å². The molecule has 106 valence electrons. The highest BCUT2D eigenvalue weighted by Gasteiger charge is 2.08. The first-order valence-corrected chi connectivity index (χ1v) is 6.78. The summed E-state index contributed by atoms with van der Waals surface area (Å²) >= 11 is 0. The van der Waals surface area contributed by atoms with Gasteiger partial charge in [0.25, 0.3) is 0 Å². The number of hydrogen-bond donors (Lipinski definition) is 1. The maximum atomic E-state index is 9.34. The normalized spacial score (nSPS) is 10.7. The summed E-state index contributed by atoms with van der Waals surface area (Å²) in [5.41, 5.74) is 6.38. The number of hydrogen-bond acceptors (Lipinski definition) is 3. The zero-order chi connectivity index (χ0) is 14.7. The molecular formula is C17H21NO2. The Hall–Kier alpha value is -1.87. The van der Waals surface area contributed by atoms with Crippen LogP contribution in [0.2, 0.25) is 0 Å². The van der Waals surface area contributed by atoms with Crippen LogP contribution in [-0.4, -0.2) is 10.1 Å². The summed E-state index contributed by atoms with van der Waals surface area (Å²) in [6.07, 6.45) is 0. The fourth-order valence-electron chi connectivity index (χ4n) is 2.43. The van der Waals surface area contributed by atoms with Gasteiger partial charge in [-0.1, -0.05) is 17.7 Å². The second-order valence-corrected chi connectivity index (χ2v) is 5.22. The number of aromatic nitrogens is 1. The fourth-order valence-corrected chi connectivity index (χ4v) is 2.43. The Morgan fingerprint density at radius 3 is 2.30 bits per heavy atom. The van der Waals surface area contributed by atoms with Crippen molar-refractivity contribution < 1.29 is 9.84 Å². The smallest absolute Gasteiger partial charge is 0.143 e. The molecule has 0 aliphatic heterocycles. The highest BCUT2D eigenvalue weighted by Crippen LogP contribution is 2.22. The van der Waals surface area contributed by atoms with Crippen molar-refractivity contribution in [2.45, 2.75) is 40.9 Å². The third-order valence-corrected chi connectivity index (χ3v) is 3.43. The molecule has 0 unspecified atom stereocenters. The molecule has 3 heteroatoms. The molecule has 0 radical (unpaired) electrons.